The second-order valence-electron chi connectivity index (χ2n) is 5.78. The van der Waals surface area contributed by atoms with Crippen LogP contribution in [0, 0.1) is 5.82 Å². The number of ether oxygens (including phenoxy) is 1. The lowest BCUT2D eigenvalue weighted by Gasteiger charge is -2.14. The van der Waals surface area contributed by atoms with Crippen LogP contribution in [0.3, 0.4) is 0 Å². The standard InChI is InChI=1S/C20H21FN2O4S/c1-3-22-19(25)13(2)27-20(26)16-6-4-5-7-17(16)28-12-18(24)23-15-10-8-14(21)9-11-15/h4-11,13H,3,12H2,1-2H3,(H,22,25)(H,23,24)/t13-/m1/s1. The topological polar surface area (TPSA) is 84.5 Å². The first-order valence-corrected chi connectivity index (χ1v) is 9.65. The minimum atomic E-state index is -0.924. The molecule has 0 saturated heterocycles. The molecule has 0 heterocycles. The Bertz CT molecular complexity index is 842. The third-order valence-electron chi connectivity index (χ3n) is 3.60. The largest absolute Gasteiger partial charge is 0.449 e. The number of halogens is 1. The van der Waals surface area contributed by atoms with Gasteiger partial charge in [0.1, 0.15) is 5.82 Å². The molecule has 0 fully saturated rings. The highest BCUT2D eigenvalue weighted by Gasteiger charge is 2.20. The van der Waals surface area contributed by atoms with Gasteiger partial charge in [-0.2, -0.15) is 0 Å². The highest BCUT2D eigenvalue weighted by Crippen LogP contribution is 2.24. The zero-order valence-corrected chi connectivity index (χ0v) is 16.3. The van der Waals surface area contributed by atoms with Crippen molar-refractivity contribution in [3.8, 4) is 0 Å². The van der Waals surface area contributed by atoms with Gasteiger partial charge in [0.15, 0.2) is 6.10 Å². The lowest BCUT2D eigenvalue weighted by Crippen LogP contribution is -2.35. The van der Waals surface area contributed by atoms with Crippen molar-refractivity contribution in [2.75, 3.05) is 17.6 Å². The molecule has 2 amide bonds. The number of nitrogens with one attached hydrogen (secondary N) is 2. The number of esters is 1. The first-order valence-electron chi connectivity index (χ1n) is 8.66. The van der Waals surface area contributed by atoms with Crippen LogP contribution >= 0.6 is 11.8 Å². The Labute approximate surface area is 166 Å². The van der Waals surface area contributed by atoms with Crippen LogP contribution in [0.4, 0.5) is 10.1 Å². The second kappa shape index (κ2) is 10.5. The van der Waals surface area contributed by atoms with Crippen molar-refractivity contribution in [1.29, 1.82) is 0 Å². The monoisotopic (exact) mass is 404 g/mol. The van der Waals surface area contributed by atoms with Gasteiger partial charge in [0.2, 0.25) is 5.91 Å². The molecular weight excluding hydrogens is 383 g/mol. The van der Waals surface area contributed by atoms with E-state index < -0.39 is 12.1 Å². The Hall–Kier alpha value is -2.87. The highest BCUT2D eigenvalue weighted by molar-refractivity contribution is 8.00. The fraction of sp³-hybridized carbons (Fsp3) is 0.250. The number of benzene rings is 2. The summed E-state index contributed by atoms with van der Waals surface area (Å²) in [6.07, 6.45) is -0.924. The van der Waals surface area contributed by atoms with Gasteiger partial charge < -0.3 is 15.4 Å². The van der Waals surface area contributed by atoms with E-state index in [1.54, 1.807) is 31.2 Å². The smallest absolute Gasteiger partial charge is 0.340 e. The maximum Gasteiger partial charge on any atom is 0.340 e. The van der Waals surface area contributed by atoms with Gasteiger partial charge in [-0.3, -0.25) is 9.59 Å². The Kier molecular flexibility index (Phi) is 8.01. The van der Waals surface area contributed by atoms with Gasteiger partial charge in [-0.05, 0) is 50.2 Å². The Balaban J connectivity index is 1.97. The van der Waals surface area contributed by atoms with Gasteiger partial charge in [-0.1, -0.05) is 12.1 Å². The zero-order chi connectivity index (χ0) is 20.5. The molecule has 8 heteroatoms. The molecule has 2 rings (SSSR count). The van der Waals surface area contributed by atoms with Crippen LogP contribution in [0.5, 0.6) is 0 Å². The third-order valence-corrected chi connectivity index (χ3v) is 4.67. The molecule has 148 valence electrons. The summed E-state index contributed by atoms with van der Waals surface area (Å²) in [6, 6.07) is 12.1. The first kappa shape index (κ1) is 21.4. The van der Waals surface area contributed by atoms with Gasteiger partial charge in [0, 0.05) is 17.1 Å². The highest BCUT2D eigenvalue weighted by atomic mass is 32.2. The number of likely N-dealkylation sites (N-methyl/N-ethyl adjacent to an activating group) is 1. The molecule has 0 aromatic heterocycles. The van der Waals surface area contributed by atoms with Crippen molar-refractivity contribution in [3.63, 3.8) is 0 Å². The average molecular weight is 404 g/mol. The van der Waals surface area contributed by atoms with Gasteiger partial charge in [0.05, 0.1) is 11.3 Å². The lowest BCUT2D eigenvalue weighted by molar-refractivity contribution is -0.129. The number of carbonyl (C=O) groups is 3. The zero-order valence-electron chi connectivity index (χ0n) is 15.5. The molecule has 0 spiro atoms. The summed E-state index contributed by atoms with van der Waals surface area (Å²) < 4.78 is 18.1. The van der Waals surface area contributed by atoms with Crippen LogP contribution in [-0.4, -0.2) is 36.2 Å². The van der Waals surface area contributed by atoms with Crippen molar-refractivity contribution in [2.45, 2.75) is 24.8 Å². The van der Waals surface area contributed by atoms with Crippen LogP contribution in [0.1, 0.15) is 24.2 Å². The minimum absolute atomic E-state index is 0.0492. The van der Waals surface area contributed by atoms with E-state index in [1.807, 2.05) is 0 Å². The van der Waals surface area contributed by atoms with E-state index in [-0.39, 0.29) is 28.9 Å². The molecule has 0 aliphatic carbocycles. The van der Waals surface area contributed by atoms with Crippen LogP contribution in [0.25, 0.3) is 0 Å². The van der Waals surface area contributed by atoms with E-state index >= 15 is 0 Å². The number of thioether (sulfide) groups is 1. The van der Waals surface area contributed by atoms with E-state index in [2.05, 4.69) is 10.6 Å². The van der Waals surface area contributed by atoms with E-state index in [0.29, 0.717) is 17.1 Å². The molecule has 6 nitrogen and oxygen atoms in total. The Morgan fingerprint density at radius 2 is 1.79 bits per heavy atom. The first-order chi connectivity index (χ1) is 13.4. The van der Waals surface area contributed by atoms with Crippen molar-refractivity contribution in [1.82, 2.24) is 5.32 Å². The average Bonchev–Trinajstić information content (AvgIpc) is 2.68. The summed E-state index contributed by atoms with van der Waals surface area (Å²) >= 11 is 1.16. The maximum absolute atomic E-state index is 12.9. The maximum atomic E-state index is 12.9. The van der Waals surface area contributed by atoms with Crippen molar-refractivity contribution in [2.24, 2.45) is 0 Å². The predicted molar refractivity (Wildman–Crippen MR) is 106 cm³/mol. The van der Waals surface area contributed by atoms with Crippen LogP contribution in [0.15, 0.2) is 53.4 Å². The number of rotatable bonds is 8. The molecule has 2 aromatic rings. The van der Waals surface area contributed by atoms with Crippen molar-refractivity contribution < 1.29 is 23.5 Å². The molecule has 2 N–H and O–H groups in total. The van der Waals surface area contributed by atoms with Gasteiger partial charge in [-0.25, -0.2) is 9.18 Å². The summed E-state index contributed by atoms with van der Waals surface area (Å²) in [5.74, 6) is -1.65. The molecule has 0 saturated carbocycles. The SMILES string of the molecule is CCNC(=O)[C@@H](C)OC(=O)c1ccccc1SCC(=O)Nc1ccc(F)cc1. The lowest BCUT2D eigenvalue weighted by atomic mass is 10.2. The molecule has 0 radical (unpaired) electrons. The number of carbonyl (C=O) groups excluding carboxylic acids is 3. The molecule has 1 atom stereocenters. The Morgan fingerprint density at radius 1 is 1.11 bits per heavy atom. The third kappa shape index (κ3) is 6.38. The summed E-state index contributed by atoms with van der Waals surface area (Å²) in [5.41, 5.74) is 0.758. The summed E-state index contributed by atoms with van der Waals surface area (Å²) in [7, 11) is 0. The molecule has 0 bridgehead atoms. The normalized spacial score (nSPS) is 11.4. The van der Waals surface area contributed by atoms with Gasteiger partial charge in [0.25, 0.3) is 5.91 Å². The van der Waals surface area contributed by atoms with Gasteiger partial charge >= 0.3 is 5.97 Å². The quantitative estimate of drug-likeness (QED) is 0.521. The van der Waals surface area contributed by atoms with Crippen molar-refractivity contribution in [3.05, 3.63) is 59.9 Å². The number of anilines is 1. The van der Waals surface area contributed by atoms with Crippen LogP contribution in [-0.2, 0) is 14.3 Å². The van der Waals surface area contributed by atoms with E-state index in [0.717, 1.165) is 11.8 Å². The Morgan fingerprint density at radius 3 is 2.46 bits per heavy atom. The summed E-state index contributed by atoms with van der Waals surface area (Å²) in [6.45, 7) is 3.71. The molecular formula is C20H21FN2O4S. The molecule has 2 aromatic carbocycles. The van der Waals surface area contributed by atoms with Crippen molar-refractivity contribution >= 4 is 35.2 Å². The molecule has 0 aliphatic heterocycles. The van der Waals surface area contributed by atoms with E-state index in [9.17, 15) is 18.8 Å². The minimum Gasteiger partial charge on any atom is -0.449 e. The van der Waals surface area contributed by atoms with Gasteiger partial charge in [-0.15, -0.1) is 11.8 Å². The fourth-order valence-corrected chi connectivity index (χ4v) is 3.07. The summed E-state index contributed by atoms with van der Waals surface area (Å²) in [5, 5.41) is 5.24. The second-order valence-corrected chi connectivity index (χ2v) is 6.80. The van der Waals surface area contributed by atoms with Crippen LogP contribution < -0.4 is 10.6 Å². The van der Waals surface area contributed by atoms with Crippen LogP contribution in [0.2, 0.25) is 0 Å². The number of hydrogen-bond donors (Lipinski definition) is 2. The molecule has 28 heavy (non-hydrogen) atoms. The number of hydrogen-bond acceptors (Lipinski definition) is 5. The summed E-state index contributed by atoms with van der Waals surface area (Å²) in [4.78, 5) is 36.8. The predicted octanol–water partition coefficient (Wildman–Crippen LogP) is 3.24. The molecule has 0 aliphatic rings. The number of amides is 2. The fourth-order valence-electron chi connectivity index (χ4n) is 2.23. The molecule has 0 unspecified atom stereocenters. The van der Waals surface area contributed by atoms with E-state index in [4.69, 9.17) is 4.74 Å². The van der Waals surface area contributed by atoms with E-state index in [1.165, 1.54) is 31.2 Å².